The van der Waals surface area contributed by atoms with Crippen LogP contribution in [0.1, 0.15) is 16.7 Å². The first kappa shape index (κ1) is 12.7. The summed E-state index contributed by atoms with van der Waals surface area (Å²) < 4.78 is 5.35. The van der Waals surface area contributed by atoms with Gasteiger partial charge in [0.1, 0.15) is 12.0 Å². The van der Waals surface area contributed by atoms with Gasteiger partial charge in [0, 0.05) is 12.1 Å². The van der Waals surface area contributed by atoms with Crippen LogP contribution in [0.5, 0.6) is 5.75 Å². The third-order valence-electron chi connectivity index (χ3n) is 2.72. The van der Waals surface area contributed by atoms with E-state index in [0.29, 0.717) is 6.54 Å². The van der Waals surface area contributed by atoms with Gasteiger partial charge in [0.25, 0.3) is 0 Å². The second kappa shape index (κ2) is 5.66. The third kappa shape index (κ3) is 3.07. The summed E-state index contributed by atoms with van der Waals surface area (Å²) in [5.41, 5.74) is 3.59. The first-order valence-electron chi connectivity index (χ1n) is 5.34. The fourth-order valence-corrected chi connectivity index (χ4v) is 1.65. The minimum atomic E-state index is 0.441. The fraction of sp³-hybridized carbons (Fsp3) is 0.462. The monoisotopic (exact) mass is 221 g/mol. The number of ether oxygens (including phenoxy) is 1. The SMILES string of the molecule is COc1cc(C)c(C)cc1CN(C)CC=O. The maximum atomic E-state index is 10.4. The van der Waals surface area contributed by atoms with E-state index in [4.69, 9.17) is 4.74 Å². The molecule has 16 heavy (non-hydrogen) atoms. The second-order valence-electron chi connectivity index (χ2n) is 4.11. The maximum absolute atomic E-state index is 10.4. The topological polar surface area (TPSA) is 29.5 Å². The Hall–Kier alpha value is -1.35. The van der Waals surface area contributed by atoms with Crippen molar-refractivity contribution in [1.29, 1.82) is 0 Å². The van der Waals surface area contributed by atoms with Gasteiger partial charge in [-0.05, 0) is 38.1 Å². The normalized spacial score (nSPS) is 10.6. The van der Waals surface area contributed by atoms with Gasteiger partial charge in [-0.3, -0.25) is 4.90 Å². The van der Waals surface area contributed by atoms with Gasteiger partial charge in [0.2, 0.25) is 0 Å². The molecule has 88 valence electrons. The highest BCUT2D eigenvalue weighted by Crippen LogP contribution is 2.23. The number of aryl methyl sites for hydroxylation is 2. The van der Waals surface area contributed by atoms with Crippen molar-refractivity contribution in [3.8, 4) is 5.75 Å². The van der Waals surface area contributed by atoms with E-state index in [1.807, 2.05) is 18.0 Å². The van der Waals surface area contributed by atoms with Crippen LogP contribution in [0.3, 0.4) is 0 Å². The molecule has 0 aliphatic rings. The zero-order chi connectivity index (χ0) is 12.1. The Morgan fingerprint density at radius 2 is 1.94 bits per heavy atom. The Kier molecular flexibility index (Phi) is 4.50. The molecule has 0 radical (unpaired) electrons. The zero-order valence-electron chi connectivity index (χ0n) is 10.4. The van der Waals surface area contributed by atoms with Gasteiger partial charge in [0.15, 0.2) is 0 Å². The molecule has 1 rings (SSSR count). The number of carbonyl (C=O) groups is 1. The van der Waals surface area contributed by atoms with Crippen LogP contribution in [0.4, 0.5) is 0 Å². The van der Waals surface area contributed by atoms with E-state index in [2.05, 4.69) is 19.9 Å². The predicted octanol–water partition coefficient (Wildman–Crippen LogP) is 1.94. The van der Waals surface area contributed by atoms with Gasteiger partial charge < -0.3 is 9.53 Å². The summed E-state index contributed by atoms with van der Waals surface area (Å²) in [6.07, 6.45) is 0.910. The molecule has 0 amide bonds. The van der Waals surface area contributed by atoms with E-state index in [0.717, 1.165) is 24.1 Å². The summed E-state index contributed by atoms with van der Waals surface area (Å²) in [6, 6.07) is 4.16. The predicted molar refractivity (Wildman–Crippen MR) is 64.9 cm³/mol. The van der Waals surface area contributed by atoms with Crippen LogP contribution in [-0.4, -0.2) is 31.9 Å². The highest BCUT2D eigenvalue weighted by molar-refractivity contribution is 5.52. The minimum absolute atomic E-state index is 0.441. The van der Waals surface area contributed by atoms with Crippen molar-refractivity contribution in [1.82, 2.24) is 4.90 Å². The molecule has 0 aliphatic carbocycles. The van der Waals surface area contributed by atoms with Gasteiger partial charge in [-0.2, -0.15) is 0 Å². The van der Waals surface area contributed by atoms with E-state index in [9.17, 15) is 4.79 Å². The number of benzene rings is 1. The number of carbonyl (C=O) groups excluding carboxylic acids is 1. The van der Waals surface area contributed by atoms with Crippen molar-refractivity contribution in [2.75, 3.05) is 20.7 Å². The standard InChI is InChI=1S/C13H19NO2/c1-10-7-12(9-14(3)5-6-15)13(16-4)8-11(10)2/h6-8H,5,9H2,1-4H3. The summed E-state index contributed by atoms with van der Waals surface area (Å²) in [4.78, 5) is 12.4. The molecule has 0 saturated carbocycles. The number of likely N-dealkylation sites (N-methyl/N-ethyl adjacent to an activating group) is 1. The molecule has 3 heteroatoms. The van der Waals surface area contributed by atoms with Crippen molar-refractivity contribution in [3.63, 3.8) is 0 Å². The first-order valence-corrected chi connectivity index (χ1v) is 5.34. The molecule has 0 bridgehead atoms. The molecule has 0 aromatic heterocycles. The molecule has 0 unspecified atom stereocenters. The molecule has 1 aromatic rings. The van der Waals surface area contributed by atoms with Gasteiger partial charge in [0.05, 0.1) is 13.7 Å². The van der Waals surface area contributed by atoms with Crippen LogP contribution >= 0.6 is 0 Å². The van der Waals surface area contributed by atoms with Crippen molar-refractivity contribution < 1.29 is 9.53 Å². The molecule has 0 aliphatic heterocycles. The third-order valence-corrected chi connectivity index (χ3v) is 2.72. The lowest BCUT2D eigenvalue weighted by Crippen LogP contribution is -2.20. The molecule has 0 heterocycles. The number of nitrogens with zero attached hydrogens (tertiary/aromatic N) is 1. The van der Waals surface area contributed by atoms with E-state index in [1.54, 1.807) is 7.11 Å². The highest BCUT2D eigenvalue weighted by atomic mass is 16.5. The molecule has 0 fully saturated rings. The van der Waals surface area contributed by atoms with Crippen molar-refractivity contribution in [3.05, 3.63) is 28.8 Å². The van der Waals surface area contributed by atoms with Crippen molar-refractivity contribution >= 4 is 6.29 Å². The highest BCUT2D eigenvalue weighted by Gasteiger charge is 2.08. The van der Waals surface area contributed by atoms with E-state index >= 15 is 0 Å². The fourth-order valence-electron chi connectivity index (χ4n) is 1.65. The summed E-state index contributed by atoms with van der Waals surface area (Å²) >= 11 is 0. The summed E-state index contributed by atoms with van der Waals surface area (Å²) in [5, 5.41) is 0. The molecular formula is C13H19NO2. The first-order chi connectivity index (χ1) is 7.58. The zero-order valence-corrected chi connectivity index (χ0v) is 10.4. The van der Waals surface area contributed by atoms with Crippen LogP contribution in [0.25, 0.3) is 0 Å². The molecule has 0 saturated heterocycles. The maximum Gasteiger partial charge on any atom is 0.133 e. The average Bonchev–Trinajstić information content (AvgIpc) is 2.23. The van der Waals surface area contributed by atoms with E-state index in [-0.39, 0.29) is 0 Å². The lowest BCUT2D eigenvalue weighted by Gasteiger charge is -2.17. The smallest absolute Gasteiger partial charge is 0.133 e. The van der Waals surface area contributed by atoms with E-state index in [1.165, 1.54) is 11.1 Å². The summed E-state index contributed by atoms with van der Waals surface area (Å²) in [7, 11) is 3.59. The van der Waals surface area contributed by atoms with Gasteiger partial charge >= 0.3 is 0 Å². The Bertz CT molecular complexity index is 374. The van der Waals surface area contributed by atoms with Crippen molar-refractivity contribution in [2.45, 2.75) is 20.4 Å². The largest absolute Gasteiger partial charge is 0.496 e. The van der Waals surface area contributed by atoms with Crippen molar-refractivity contribution in [2.24, 2.45) is 0 Å². The van der Waals surface area contributed by atoms with Crippen LogP contribution in [-0.2, 0) is 11.3 Å². The molecule has 0 atom stereocenters. The Morgan fingerprint density at radius 3 is 2.50 bits per heavy atom. The summed E-state index contributed by atoms with van der Waals surface area (Å²) in [5.74, 6) is 0.890. The van der Waals surface area contributed by atoms with Gasteiger partial charge in [-0.25, -0.2) is 0 Å². The molecule has 0 N–H and O–H groups in total. The summed E-state index contributed by atoms with van der Waals surface area (Å²) in [6.45, 7) is 5.31. The number of rotatable bonds is 5. The van der Waals surface area contributed by atoms with Crippen LogP contribution < -0.4 is 4.74 Å². The van der Waals surface area contributed by atoms with Gasteiger partial charge in [-0.1, -0.05) is 6.07 Å². The van der Waals surface area contributed by atoms with Gasteiger partial charge in [-0.15, -0.1) is 0 Å². The number of hydrogen-bond donors (Lipinski definition) is 0. The average molecular weight is 221 g/mol. The Labute approximate surface area is 97.0 Å². The quantitative estimate of drug-likeness (QED) is 0.712. The molecule has 0 spiro atoms. The lowest BCUT2D eigenvalue weighted by atomic mass is 10.0. The number of hydrogen-bond acceptors (Lipinski definition) is 3. The number of methoxy groups -OCH3 is 1. The Balaban J connectivity index is 2.93. The van der Waals surface area contributed by atoms with Crippen LogP contribution in [0, 0.1) is 13.8 Å². The Morgan fingerprint density at radius 1 is 1.31 bits per heavy atom. The van der Waals surface area contributed by atoms with Crippen LogP contribution in [0.2, 0.25) is 0 Å². The molecule has 3 nitrogen and oxygen atoms in total. The van der Waals surface area contributed by atoms with E-state index < -0.39 is 0 Å². The van der Waals surface area contributed by atoms with Crippen LogP contribution in [0.15, 0.2) is 12.1 Å². The molecular weight excluding hydrogens is 202 g/mol. The molecule has 1 aromatic carbocycles. The lowest BCUT2D eigenvalue weighted by molar-refractivity contribution is -0.108. The second-order valence-corrected chi connectivity index (χ2v) is 4.11. The number of aldehydes is 1. The minimum Gasteiger partial charge on any atom is -0.496 e.